The number of phenols is 1. The van der Waals surface area contributed by atoms with Gasteiger partial charge >= 0.3 is 5.97 Å². The van der Waals surface area contributed by atoms with E-state index in [1.165, 1.54) is 19.2 Å². The summed E-state index contributed by atoms with van der Waals surface area (Å²) in [6, 6.07) is 13.5. The van der Waals surface area contributed by atoms with E-state index in [4.69, 9.17) is 0 Å². The highest BCUT2D eigenvalue weighted by atomic mass is 16.5. The molecule has 0 saturated carbocycles. The van der Waals surface area contributed by atoms with Crippen LogP contribution < -0.4 is 10.6 Å². The van der Waals surface area contributed by atoms with E-state index in [0.717, 1.165) is 12.8 Å². The van der Waals surface area contributed by atoms with Crippen molar-refractivity contribution in [1.82, 2.24) is 5.32 Å². The first-order valence-corrected chi connectivity index (χ1v) is 9.06. The van der Waals surface area contributed by atoms with Gasteiger partial charge in [-0.05, 0) is 37.1 Å². The molecule has 0 aliphatic heterocycles. The first-order chi connectivity index (χ1) is 13.5. The second-order valence-electron chi connectivity index (χ2n) is 6.17. The molecule has 2 aromatic rings. The normalized spacial score (nSPS) is 10.2. The van der Waals surface area contributed by atoms with E-state index in [2.05, 4.69) is 15.4 Å². The van der Waals surface area contributed by atoms with Gasteiger partial charge in [-0.25, -0.2) is 4.79 Å². The molecule has 148 valence electrons. The largest absolute Gasteiger partial charge is 0.505 e. The highest BCUT2D eigenvalue weighted by Gasteiger charge is 2.15. The van der Waals surface area contributed by atoms with Crippen LogP contribution in [0.2, 0.25) is 0 Å². The van der Waals surface area contributed by atoms with E-state index in [1.807, 2.05) is 18.2 Å². The maximum absolute atomic E-state index is 12.0. The van der Waals surface area contributed by atoms with Gasteiger partial charge in [0.25, 0.3) is 5.91 Å². The SMILES string of the molecule is COC(=O)c1cccc(NC(=O)CCCCCNC(=O)c2ccccc2)c1O. The highest BCUT2D eigenvalue weighted by Crippen LogP contribution is 2.28. The van der Waals surface area contributed by atoms with Crippen molar-refractivity contribution in [2.24, 2.45) is 0 Å². The zero-order valence-electron chi connectivity index (χ0n) is 15.7. The molecule has 2 rings (SSSR count). The molecule has 7 heteroatoms. The third-order valence-electron chi connectivity index (χ3n) is 4.12. The molecule has 2 amide bonds. The van der Waals surface area contributed by atoms with Crippen molar-refractivity contribution in [3.05, 3.63) is 59.7 Å². The van der Waals surface area contributed by atoms with Crippen molar-refractivity contribution in [2.75, 3.05) is 19.0 Å². The maximum Gasteiger partial charge on any atom is 0.341 e. The number of phenolic OH excluding ortho intramolecular Hbond substituents is 1. The number of benzene rings is 2. The second-order valence-corrected chi connectivity index (χ2v) is 6.17. The summed E-state index contributed by atoms with van der Waals surface area (Å²) in [6.07, 6.45) is 2.45. The fraction of sp³-hybridized carbons (Fsp3) is 0.286. The van der Waals surface area contributed by atoms with Gasteiger partial charge in [0, 0.05) is 18.5 Å². The van der Waals surface area contributed by atoms with Crippen LogP contribution in [0.5, 0.6) is 5.75 Å². The van der Waals surface area contributed by atoms with Crippen LogP contribution in [0.15, 0.2) is 48.5 Å². The molecule has 0 aromatic heterocycles. The van der Waals surface area contributed by atoms with Gasteiger partial charge in [-0.1, -0.05) is 30.7 Å². The Hall–Kier alpha value is -3.35. The number of aromatic hydroxyl groups is 1. The van der Waals surface area contributed by atoms with E-state index in [9.17, 15) is 19.5 Å². The van der Waals surface area contributed by atoms with Gasteiger partial charge in [0.1, 0.15) is 5.56 Å². The van der Waals surface area contributed by atoms with Crippen LogP contribution in [-0.4, -0.2) is 36.5 Å². The van der Waals surface area contributed by atoms with Crippen LogP contribution in [0.25, 0.3) is 0 Å². The molecule has 0 atom stereocenters. The fourth-order valence-electron chi connectivity index (χ4n) is 2.61. The smallest absolute Gasteiger partial charge is 0.341 e. The number of carbonyl (C=O) groups is 3. The van der Waals surface area contributed by atoms with Crippen molar-refractivity contribution in [3.8, 4) is 5.75 Å². The number of esters is 1. The predicted molar refractivity (Wildman–Crippen MR) is 105 cm³/mol. The minimum Gasteiger partial charge on any atom is -0.505 e. The Morgan fingerprint density at radius 2 is 1.71 bits per heavy atom. The van der Waals surface area contributed by atoms with E-state index in [-0.39, 0.29) is 35.2 Å². The number of nitrogens with one attached hydrogen (secondary N) is 2. The lowest BCUT2D eigenvalue weighted by molar-refractivity contribution is -0.116. The lowest BCUT2D eigenvalue weighted by atomic mass is 10.1. The van der Waals surface area contributed by atoms with Crippen molar-refractivity contribution in [2.45, 2.75) is 25.7 Å². The van der Waals surface area contributed by atoms with Gasteiger partial charge in [0.05, 0.1) is 12.8 Å². The van der Waals surface area contributed by atoms with E-state index < -0.39 is 5.97 Å². The van der Waals surface area contributed by atoms with Crippen LogP contribution in [0.1, 0.15) is 46.4 Å². The second kappa shape index (κ2) is 10.7. The number of methoxy groups -OCH3 is 1. The molecular weight excluding hydrogens is 360 g/mol. The number of ether oxygens (including phenoxy) is 1. The van der Waals surface area contributed by atoms with Crippen LogP contribution in [0, 0.1) is 0 Å². The van der Waals surface area contributed by atoms with Gasteiger partial charge in [-0.2, -0.15) is 0 Å². The number of rotatable bonds is 9. The summed E-state index contributed by atoms with van der Waals surface area (Å²) in [5.74, 6) is -1.36. The molecule has 28 heavy (non-hydrogen) atoms. The lowest BCUT2D eigenvalue weighted by Crippen LogP contribution is -2.24. The van der Waals surface area contributed by atoms with Crippen LogP contribution >= 0.6 is 0 Å². The minimum atomic E-state index is -0.675. The van der Waals surface area contributed by atoms with Crippen LogP contribution in [0.4, 0.5) is 5.69 Å². The van der Waals surface area contributed by atoms with Crippen molar-refractivity contribution in [1.29, 1.82) is 0 Å². The summed E-state index contributed by atoms with van der Waals surface area (Å²) in [6.45, 7) is 0.539. The molecule has 7 nitrogen and oxygen atoms in total. The Balaban J connectivity index is 1.68. The molecule has 0 bridgehead atoms. The zero-order valence-corrected chi connectivity index (χ0v) is 15.7. The van der Waals surface area contributed by atoms with E-state index in [1.54, 1.807) is 18.2 Å². The molecule has 0 fully saturated rings. The summed E-state index contributed by atoms with van der Waals surface area (Å²) in [5, 5.41) is 15.5. The first-order valence-electron chi connectivity index (χ1n) is 9.06. The molecule has 0 aliphatic carbocycles. The first kappa shape index (κ1) is 21.0. The summed E-state index contributed by atoms with van der Waals surface area (Å²) in [7, 11) is 1.22. The minimum absolute atomic E-state index is 0.00513. The number of unbranched alkanes of at least 4 members (excludes halogenated alkanes) is 2. The van der Waals surface area contributed by atoms with Crippen molar-refractivity contribution < 1.29 is 24.2 Å². The molecule has 2 aromatic carbocycles. The summed E-state index contributed by atoms with van der Waals surface area (Å²) < 4.78 is 4.58. The molecule has 0 aliphatic rings. The average Bonchev–Trinajstić information content (AvgIpc) is 2.72. The van der Waals surface area contributed by atoms with Gasteiger partial charge in [0.2, 0.25) is 5.91 Å². The van der Waals surface area contributed by atoms with E-state index in [0.29, 0.717) is 18.5 Å². The van der Waals surface area contributed by atoms with Crippen molar-refractivity contribution >= 4 is 23.5 Å². The molecule has 0 radical (unpaired) electrons. The Morgan fingerprint density at radius 3 is 2.43 bits per heavy atom. The molecule has 0 heterocycles. The average molecular weight is 384 g/mol. The molecule has 3 N–H and O–H groups in total. The number of anilines is 1. The zero-order chi connectivity index (χ0) is 20.4. The lowest BCUT2D eigenvalue weighted by Gasteiger charge is -2.10. The topological polar surface area (TPSA) is 105 Å². The van der Waals surface area contributed by atoms with Gasteiger partial charge < -0.3 is 20.5 Å². The monoisotopic (exact) mass is 384 g/mol. The van der Waals surface area contributed by atoms with Crippen molar-refractivity contribution in [3.63, 3.8) is 0 Å². The summed E-state index contributed by atoms with van der Waals surface area (Å²) >= 11 is 0. The summed E-state index contributed by atoms with van der Waals surface area (Å²) in [4.78, 5) is 35.5. The third-order valence-corrected chi connectivity index (χ3v) is 4.12. The molecular formula is C21H24N2O5. The predicted octanol–water partition coefficient (Wildman–Crippen LogP) is 3.11. The van der Waals surface area contributed by atoms with Gasteiger partial charge in [-0.3, -0.25) is 9.59 Å². The maximum atomic E-state index is 12.0. The van der Waals surface area contributed by atoms with Gasteiger partial charge in [0.15, 0.2) is 5.75 Å². The van der Waals surface area contributed by atoms with Gasteiger partial charge in [-0.15, -0.1) is 0 Å². The molecule has 0 saturated heterocycles. The fourth-order valence-corrected chi connectivity index (χ4v) is 2.61. The molecule has 0 spiro atoms. The van der Waals surface area contributed by atoms with Crippen LogP contribution in [0.3, 0.4) is 0 Å². The standard InChI is InChI=1S/C21H24N2O5/c1-28-21(27)16-11-8-12-17(19(16)25)23-18(24)13-6-3-7-14-22-20(26)15-9-4-2-5-10-15/h2,4-5,8-12,25H,3,6-7,13-14H2,1H3,(H,22,26)(H,23,24). The number of amides is 2. The Morgan fingerprint density at radius 1 is 0.964 bits per heavy atom. The quantitative estimate of drug-likeness (QED) is 0.350. The number of para-hydroxylation sites is 1. The Kier molecular flexibility index (Phi) is 8.02. The number of carbonyl (C=O) groups excluding carboxylic acids is 3. The third kappa shape index (κ3) is 6.12. The molecule has 0 unspecified atom stereocenters. The Labute approximate surface area is 163 Å². The summed E-state index contributed by atoms with van der Waals surface area (Å²) in [5.41, 5.74) is 0.786. The van der Waals surface area contributed by atoms with E-state index >= 15 is 0 Å². The number of hydrogen-bond donors (Lipinski definition) is 3. The highest BCUT2D eigenvalue weighted by molar-refractivity contribution is 5.98. The Bertz CT molecular complexity index is 821. The van der Waals surface area contributed by atoms with Crippen LogP contribution in [-0.2, 0) is 9.53 Å². The number of hydrogen-bond acceptors (Lipinski definition) is 5.